The Morgan fingerprint density at radius 1 is 1.12 bits per heavy atom. The summed E-state index contributed by atoms with van der Waals surface area (Å²) in [6.45, 7) is 7.48. The molecule has 1 aliphatic carbocycles. The molecule has 1 saturated heterocycles. The van der Waals surface area contributed by atoms with Gasteiger partial charge in [-0.15, -0.1) is 0 Å². The number of rotatable bonds is 6. The Labute approximate surface area is 198 Å². The lowest BCUT2D eigenvalue weighted by molar-refractivity contribution is -0.125. The van der Waals surface area contributed by atoms with Gasteiger partial charge in [-0.2, -0.15) is 0 Å². The van der Waals surface area contributed by atoms with Crippen LogP contribution in [0.5, 0.6) is 0 Å². The number of hydrogen-bond donors (Lipinski definition) is 2. The number of nitrogens with two attached hydrogens (primary N) is 1. The predicted octanol–water partition coefficient (Wildman–Crippen LogP) is 2.82. The van der Waals surface area contributed by atoms with Gasteiger partial charge in [0.05, 0.1) is 5.75 Å². The number of aryl methyl sites for hydroxylation is 2. The second-order valence-electron chi connectivity index (χ2n) is 10.3. The molecule has 0 atom stereocenters. The number of hydrogen-bond acceptors (Lipinski definition) is 5. The van der Waals surface area contributed by atoms with Crippen molar-refractivity contribution in [2.45, 2.75) is 77.8 Å². The monoisotopic (exact) mass is 474 g/mol. The highest BCUT2D eigenvalue weighted by atomic mass is 32.2. The zero-order valence-electron chi connectivity index (χ0n) is 20.2. The molecule has 1 amide bonds. The van der Waals surface area contributed by atoms with Gasteiger partial charge in [0.1, 0.15) is 11.4 Å². The lowest BCUT2D eigenvalue weighted by atomic mass is 9.82. The van der Waals surface area contributed by atoms with Gasteiger partial charge in [-0.1, -0.05) is 31.9 Å². The number of nitrogens with one attached hydrogen (secondary N) is 1. The average molecular weight is 475 g/mol. The summed E-state index contributed by atoms with van der Waals surface area (Å²) in [5.74, 6) is 1.95. The SMILES string of the molecule is Cc1cc(CN)cc(C)c1CCS(=O)(=O)N1CCC2(CC1)N=C(C1CCC(C)CC1)NC2=O. The Kier molecular flexibility index (Phi) is 6.99. The quantitative estimate of drug-likeness (QED) is 0.661. The van der Waals surface area contributed by atoms with E-state index < -0.39 is 15.6 Å². The minimum Gasteiger partial charge on any atom is -0.326 e. The molecule has 33 heavy (non-hydrogen) atoms. The fourth-order valence-corrected chi connectivity index (χ4v) is 7.16. The first kappa shape index (κ1) is 24.4. The summed E-state index contributed by atoms with van der Waals surface area (Å²) in [5.41, 5.74) is 9.29. The largest absolute Gasteiger partial charge is 0.326 e. The fraction of sp³-hybridized carbons (Fsp3) is 0.680. The van der Waals surface area contributed by atoms with E-state index in [0.29, 0.717) is 44.8 Å². The summed E-state index contributed by atoms with van der Waals surface area (Å²) in [4.78, 5) is 17.7. The number of nitrogens with zero attached hydrogens (tertiary/aromatic N) is 2. The lowest BCUT2D eigenvalue weighted by Gasteiger charge is -2.34. The molecule has 0 aromatic heterocycles. The van der Waals surface area contributed by atoms with Crippen LogP contribution in [0.15, 0.2) is 17.1 Å². The van der Waals surface area contributed by atoms with Crippen molar-refractivity contribution in [2.24, 2.45) is 22.6 Å². The molecule has 1 saturated carbocycles. The molecule has 3 aliphatic rings. The summed E-state index contributed by atoms with van der Waals surface area (Å²) in [6.07, 6.45) is 5.88. The van der Waals surface area contributed by atoms with Crippen molar-refractivity contribution in [3.8, 4) is 0 Å². The molecule has 8 heteroatoms. The number of amides is 1. The highest BCUT2D eigenvalue weighted by molar-refractivity contribution is 7.89. The van der Waals surface area contributed by atoms with Gasteiger partial charge in [-0.3, -0.25) is 9.79 Å². The Balaban J connectivity index is 1.38. The van der Waals surface area contributed by atoms with Gasteiger partial charge in [0, 0.05) is 25.6 Å². The number of benzene rings is 1. The van der Waals surface area contributed by atoms with Crippen molar-refractivity contribution in [2.75, 3.05) is 18.8 Å². The Morgan fingerprint density at radius 2 is 1.73 bits per heavy atom. The maximum absolute atomic E-state index is 13.1. The molecule has 0 bridgehead atoms. The minimum absolute atomic E-state index is 0.0422. The van der Waals surface area contributed by atoms with Crippen molar-refractivity contribution in [1.82, 2.24) is 9.62 Å². The minimum atomic E-state index is -3.41. The number of piperidine rings is 1. The molecule has 182 valence electrons. The number of amidine groups is 1. The summed E-state index contributed by atoms with van der Waals surface area (Å²) in [7, 11) is -3.41. The van der Waals surface area contributed by atoms with Crippen LogP contribution in [-0.2, 0) is 27.8 Å². The van der Waals surface area contributed by atoms with Gasteiger partial charge in [-0.25, -0.2) is 12.7 Å². The van der Waals surface area contributed by atoms with E-state index in [1.165, 1.54) is 12.8 Å². The highest BCUT2D eigenvalue weighted by Crippen LogP contribution is 2.36. The van der Waals surface area contributed by atoms with E-state index in [0.717, 1.165) is 46.8 Å². The second kappa shape index (κ2) is 9.47. The van der Waals surface area contributed by atoms with Gasteiger partial charge in [0.25, 0.3) is 5.91 Å². The van der Waals surface area contributed by atoms with Crippen molar-refractivity contribution >= 4 is 21.8 Å². The molecule has 1 aromatic rings. The molecule has 4 rings (SSSR count). The Morgan fingerprint density at radius 3 is 2.30 bits per heavy atom. The third-order valence-electron chi connectivity index (χ3n) is 7.95. The molecule has 0 radical (unpaired) electrons. The summed E-state index contributed by atoms with van der Waals surface area (Å²) in [5, 5.41) is 3.06. The first-order valence-corrected chi connectivity index (χ1v) is 13.9. The van der Waals surface area contributed by atoms with E-state index in [2.05, 4.69) is 12.2 Å². The van der Waals surface area contributed by atoms with Crippen LogP contribution in [0.1, 0.15) is 67.7 Å². The van der Waals surface area contributed by atoms with Crippen molar-refractivity contribution in [3.63, 3.8) is 0 Å². The summed E-state index contributed by atoms with van der Waals surface area (Å²) in [6, 6.07) is 4.09. The maximum atomic E-state index is 13.1. The van der Waals surface area contributed by atoms with E-state index in [-0.39, 0.29) is 11.7 Å². The number of carbonyl (C=O) groups excluding carboxylic acids is 1. The topological polar surface area (TPSA) is 105 Å². The third-order valence-corrected chi connectivity index (χ3v) is 9.82. The molecular formula is C25H38N4O3S. The van der Waals surface area contributed by atoms with Crippen LogP contribution < -0.4 is 11.1 Å². The van der Waals surface area contributed by atoms with Crippen LogP contribution in [0.25, 0.3) is 0 Å². The zero-order valence-corrected chi connectivity index (χ0v) is 21.0. The van der Waals surface area contributed by atoms with Crippen LogP contribution in [0.2, 0.25) is 0 Å². The van der Waals surface area contributed by atoms with Crippen LogP contribution in [0.4, 0.5) is 0 Å². The van der Waals surface area contributed by atoms with Gasteiger partial charge in [0.15, 0.2) is 0 Å². The average Bonchev–Trinajstić information content (AvgIpc) is 3.09. The maximum Gasteiger partial charge on any atom is 0.253 e. The zero-order chi connectivity index (χ0) is 23.8. The van der Waals surface area contributed by atoms with Crippen molar-refractivity contribution in [1.29, 1.82) is 0 Å². The normalized spacial score (nSPS) is 25.8. The standard InChI is InChI=1S/C25H38N4O3S/c1-17-4-6-21(7-5-17)23-27-24(30)25(28-23)9-11-29(12-10-25)33(31,32)13-8-22-18(2)14-20(16-26)15-19(22)3/h14-15,17,21H,4-13,16,26H2,1-3H3,(H,27,28,30). The number of sulfonamides is 1. The van der Waals surface area contributed by atoms with E-state index in [1.54, 1.807) is 4.31 Å². The lowest BCUT2D eigenvalue weighted by Crippen LogP contribution is -2.51. The van der Waals surface area contributed by atoms with E-state index in [9.17, 15) is 13.2 Å². The Hall–Kier alpha value is -1.77. The molecule has 7 nitrogen and oxygen atoms in total. The molecule has 2 aliphatic heterocycles. The first-order chi connectivity index (χ1) is 15.6. The molecule has 3 N–H and O–H groups in total. The molecule has 2 fully saturated rings. The van der Waals surface area contributed by atoms with Crippen molar-refractivity contribution in [3.05, 3.63) is 34.4 Å². The molecule has 0 unspecified atom stereocenters. The van der Waals surface area contributed by atoms with E-state index in [4.69, 9.17) is 10.7 Å². The second-order valence-corrected chi connectivity index (χ2v) is 12.4. The molecule has 2 heterocycles. The van der Waals surface area contributed by atoms with E-state index in [1.807, 2.05) is 26.0 Å². The van der Waals surface area contributed by atoms with Gasteiger partial charge in [0.2, 0.25) is 10.0 Å². The smallest absolute Gasteiger partial charge is 0.253 e. The number of aliphatic imine (C=N–C) groups is 1. The Bertz CT molecular complexity index is 1010. The van der Waals surface area contributed by atoms with Gasteiger partial charge in [-0.05, 0) is 74.1 Å². The first-order valence-electron chi connectivity index (χ1n) is 12.3. The molecule has 1 aromatic carbocycles. The van der Waals surface area contributed by atoms with Gasteiger partial charge >= 0.3 is 0 Å². The molecule has 1 spiro atoms. The summed E-state index contributed by atoms with van der Waals surface area (Å²) >= 11 is 0. The third kappa shape index (κ3) is 5.03. The summed E-state index contributed by atoms with van der Waals surface area (Å²) < 4.78 is 27.8. The van der Waals surface area contributed by atoms with Gasteiger partial charge < -0.3 is 11.1 Å². The van der Waals surface area contributed by atoms with Crippen LogP contribution in [0.3, 0.4) is 0 Å². The predicted molar refractivity (Wildman–Crippen MR) is 132 cm³/mol. The highest BCUT2D eigenvalue weighted by Gasteiger charge is 2.48. The van der Waals surface area contributed by atoms with Crippen LogP contribution in [0, 0.1) is 25.7 Å². The fourth-order valence-electron chi connectivity index (χ4n) is 5.70. The van der Waals surface area contributed by atoms with E-state index >= 15 is 0 Å². The molecular weight excluding hydrogens is 436 g/mol. The van der Waals surface area contributed by atoms with Crippen LogP contribution in [-0.4, -0.2) is 48.8 Å². The van der Waals surface area contributed by atoms with Crippen LogP contribution >= 0.6 is 0 Å². The number of carbonyl (C=O) groups is 1. The van der Waals surface area contributed by atoms with Crippen molar-refractivity contribution < 1.29 is 13.2 Å².